The van der Waals surface area contributed by atoms with E-state index in [2.05, 4.69) is 10.1 Å². The standard InChI is InChI=1S/C18H17N3O2/c1-13-5-3-6-16(14(13)2)18(22)23-12-15-7-9-19-17(11-15)21-10-4-8-20-21/h3-11H,12H2,1-2H3. The number of rotatable bonds is 4. The molecule has 2 heterocycles. The summed E-state index contributed by atoms with van der Waals surface area (Å²) >= 11 is 0. The number of hydrogen-bond donors (Lipinski definition) is 0. The summed E-state index contributed by atoms with van der Waals surface area (Å²) in [5.74, 6) is 0.374. The first-order valence-electron chi connectivity index (χ1n) is 7.33. The molecule has 0 aliphatic rings. The zero-order chi connectivity index (χ0) is 16.2. The van der Waals surface area contributed by atoms with E-state index in [-0.39, 0.29) is 12.6 Å². The Hall–Kier alpha value is -2.95. The fourth-order valence-electron chi connectivity index (χ4n) is 2.28. The molecule has 0 fully saturated rings. The predicted molar refractivity (Wildman–Crippen MR) is 86.4 cm³/mol. The Kier molecular flexibility index (Phi) is 4.19. The van der Waals surface area contributed by atoms with Crippen LogP contribution in [0.3, 0.4) is 0 Å². The summed E-state index contributed by atoms with van der Waals surface area (Å²) in [6.07, 6.45) is 5.18. The molecule has 0 N–H and O–H groups in total. The summed E-state index contributed by atoms with van der Waals surface area (Å²) in [6.45, 7) is 4.10. The first-order chi connectivity index (χ1) is 11.1. The number of benzene rings is 1. The van der Waals surface area contributed by atoms with Crippen LogP contribution in [0.15, 0.2) is 55.0 Å². The van der Waals surface area contributed by atoms with Crippen LogP contribution in [0.4, 0.5) is 0 Å². The van der Waals surface area contributed by atoms with Gasteiger partial charge in [-0.15, -0.1) is 0 Å². The fourth-order valence-corrected chi connectivity index (χ4v) is 2.28. The second kappa shape index (κ2) is 6.44. The van der Waals surface area contributed by atoms with Gasteiger partial charge in [-0.25, -0.2) is 14.5 Å². The van der Waals surface area contributed by atoms with Crippen molar-refractivity contribution in [1.82, 2.24) is 14.8 Å². The average Bonchev–Trinajstić information content (AvgIpc) is 3.10. The molecule has 0 aliphatic carbocycles. The minimum Gasteiger partial charge on any atom is -0.457 e. The Morgan fingerprint density at radius 3 is 2.83 bits per heavy atom. The molecule has 0 spiro atoms. The van der Waals surface area contributed by atoms with E-state index >= 15 is 0 Å². The predicted octanol–water partition coefficient (Wildman–Crippen LogP) is 3.24. The second-order valence-corrected chi connectivity index (χ2v) is 5.30. The second-order valence-electron chi connectivity index (χ2n) is 5.30. The van der Waals surface area contributed by atoms with Crippen molar-refractivity contribution in [3.8, 4) is 5.82 Å². The summed E-state index contributed by atoms with van der Waals surface area (Å²) in [5.41, 5.74) is 3.49. The number of pyridine rings is 1. The van der Waals surface area contributed by atoms with E-state index in [1.54, 1.807) is 23.1 Å². The molecule has 0 aliphatic heterocycles. The van der Waals surface area contributed by atoms with Gasteiger partial charge in [-0.05, 0) is 54.8 Å². The van der Waals surface area contributed by atoms with E-state index in [4.69, 9.17) is 4.74 Å². The molecule has 5 heteroatoms. The molecule has 116 valence electrons. The highest BCUT2D eigenvalue weighted by Crippen LogP contribution is 2.15. The zero-order valence-corrected chi connectivity index (χ0v) is 13.1. The van der Waals surface area contributed by atoms with Crippen LogP contribution in [0.1, 0.15) is 27.0 Å². The van der Waals surface area contributed by atoms with Crippen LogP contribution in [0.2, 0.25) is 0 Å². The maximum Gasteiger partial charge on any atom is 0.338 e. The molecule has 0 saturated carbocycles. The van der Waals surface area contributed by atoms with Crippen LogP contribution < -0.4 is 0 Å². The number of carbonyl (C=O) groups is 1. The highest BCUT2D eigenvalue weighted by Gasteiger charge is 2.12. The quantitative estimate of drug-likeness (QED) is 0.694. The zero-order valence-electron chi connectivity index (χ0n) is 13.1. The maximum absolute atomic E-state index is 12.2. The molecular formula is C18H17N3O2. The molecule has 23 heavy (non-hydrogen) atoms. The first kappa shape index (κ1) is 15.0. The molecule has 5 nitrogen and oxygen atoms in total. The van der Waals surface area contributed by atoms with Crippen molar-refractivity contribution < 1.29 is 9.53 Å². The van der Waals surface area contributed by atoms with Gasteiger partial charge in [0.2, 0.25) is 0 Å². The van der Waals surface area contributed by atoms with E-state index in [9.17, 15) is 4.79 Å². The van der Waals surface area contributed by atoms with Crippen LogP contribution in [-0.4, -0.2) is 20.7 Å². The summed E-state index contributed by atoms with van der Waals surface area (Å²) in [5, 5.41) is 4.14. The van der Waals surface area contributed by atoms with Crippen LogP contribution in [0.25, 0.3) is 5.82 Å². The Morgan fingerprint density at radius 2 is 2.04 bits per heavy atom. The molecular weight excluding hydrogens is 290 g/mol. The molecule has 0 radical (unpaired) electrons. The molecule has 0 atom stereocenters. The van der Waals surface area contributed by atoms with Crippen molar-refractivity contribution in [2.75, 3.05) is 0 Å². The SMILES string of the molecule is Cc1cccc(C(=O)OCc2ccnc(-n3cccn3)c2)c1C. The minimum absolute atomic E-state index is 0.197. The largest absolute Gasteiger partial charge is 0.457 e. The van der Waals surface area contributed by atoms with Gasteiger partial charge < -0.3 is 4.74 Å². The lowest BCUT2D eigenvalue weighted by Crippen LogP contribution is -2.08. The van der Waals surface area contributed by atoms with Gasteiger partial charge in [0.25, 0.3) is 0 Å². The number of hydrogen-bond acceptors (Lipinski definition) is 4. The third-order valence-corrected chi connectivity index (χ3v) is 3.74. The average molecular weight is 307 g/mol. The molecule has 2 aromatic heterocycles. The van der Waals surface area contributed by atoms with E-state index < -0.39 is 0 Å². The van der Waals surface area contributed by atoms with Crippen molar-refractivity contribution in [3.63, 3.8) is 0 Å². The topological polar surface area (TPSA) is 57.0 Å². The van der Waals surface area contributed by atoms with Crippen molar-refractivity contribution in [1.29, 1.82) is 0 Å². The summed E-state index contributed by atoms with van der Waals surface area (Å²) < 4.78 is 7.09. The van der Waals surface area contributed by atoms with Crippen LogP contribution in [0, 0.1) is 13.8 Å². The number of nitrogens with zero attached hydrogens (tertiary/aromatic N) is 3. The lowest BCUT2D eigenvalue weighted by molar-refractivity contribution is 0.0471. The van der Waals surface area contributed by atoms with Gasteiger partial charge in [-0.3, -0.25) is 0 Å². The highest BCUT2D eigenvalue weighted by molar-refractivity contribution is 5.91. The van der Waals surface area contributed by atoms with Gasteiger partial charge in [-0.1, -0.05) is 12.1 Å². The number of aromatic nitrogens is 3. The van der Waals surface area contributed by atoms with Gasteiger partial charge in [-0.2, -0.15) is 5.10 Å². The number of ether oxygens (including phenoxy) is 1. The third-order valence-electron chi connectivity index (χ3n) is 3.74. The lowest BCUT2D eigenvalue weighted by atomic mass is 10.0. The van der Waals surface area contributed by atoms with Crippen LogP contribution in [-0.2, 0) is 11.3 Å². The normalized spacial score (nSPS) is 10.5. The number of esters is 1. The van der Waals surface area contributed by atoms with Crippen molar-refractivity contribution in [2.24, 2.45) is 0 Å². The van der Waals surface area contributed by atoms with Crippen LogP contribution in [0.5, 0.6) is 0 Å². The van der Waals surface area contributed by atoms with E-state index in [1.165, 1.54) is 0 Å². The molecule has 3 aromatic rings. The van der Waals surface area contributed by atoms with Gasteiger partial charge in [0.15, 0.2) is 5.82 Å². The van der Waals surface area contributed by atoms with Gasteiger partial charge >= 0.3 is 5.97 Å². The fraction of sp³-hybridized carbons (Fsp3) is 0.167. The van der Waals surface area contributed by atoms with Gasteiger partial charge in [0.1, 0.15) is 6.61 Å². The number of carbonyl (C=O) groups excluding carboxylic acids is 1. The van der Waals surface area contributed by atoms with Gasteiger partial charge in [0.05, 0.1) is 5.56 Å². The molecule has 3 rings (SSSR count). The molecule has 0 saturated heterocycles. The van der Waals surface area contributed by atoms with Crippen molar-refractivity contribution in [2.45, 2.75) is 20.5 Å². The lowest BCUT2D eigenvalue weighted by Gasteiger charge is -2.09. The molecule has 0 amide bonds. The minimum atomic E-state index is -0.316. The Balaban J connectivity index is 1.72. The summed E-state index contributed by atoms with van der Waals surface area (Å²) in [7, 11) is 0. The van der Waals surface area contributed by atoms with Crippen LogP contribution >= 0.6 is 0 Å². The monoisotopic (exact) mass is 307 g/mol. The highest BCUT2D eigenvalue weighted by atomic mass is 16.5. The summed E-state index contributed by atoms with van der Waals surface area (Å²) in [6, 6.07) is 11.1. The van der Waals surface area contributed by atoms with Crippen molar-refractivity contribution in [3.05, 3.63) is 77.2 Å². The van der Waals surface area contributed by atoms with Gasteiger partial charge in [0, 0.05) is 18.6 Å². The van der Waals surface area contributed by atoms with E-state index in [0.29, 0.717) is 11.4 Å². The van der Waals surface area contributed by atoms with E-state index in [1.807, 2.05) is 50.4 Å². The Morgan fingerprint density at radius 1 is 1.17 bits per heavy atom. The summed E-state index contributed by atoms with van der Waals surface area (Å²) in [4.78, 5) is 16.5. The molecule has 0 bridgehead atoms. The first-order valence-corrected chi connectivity index (χ1v) is 7.33. The molecule has 1 aromatic carbocycles. The Labute approximate surface area is 134 Å². The van der Waals surface area contributed by atoms with Crippen molar-refractivity contribution >= 4 is 5.97 Å². The number of aryl methyl sites for hydroxylation is 1. The molecule has 0 unspecified atom stereocenters. The Bertz CT molecular complexity index is 826. The van der Waals surface area contributed by atoms with E-state index in [0.717, 1.165) is 16.7 Å². The third kappa shape index (κ3) is 3.29. The smallest absolute Gasteiger partial charge is 0.338 e. The maximum atomic E-state index is 12.2.